The van der Waals surface area contributed by atoms with Crippen molar-refractivity contribution in [2.45, 2.75) is 91.1 Å². The summed E-state index contributed by atoms with van der Waals surface area (Å²) < 4.78 is 10.9. The molecular weight excluding hydrogens is 562 g/mol. The van der Waals surface area contributed by atoms with Crippen molar-refractivity contribution < 1.29 is 33.8 Å². The molecule has 3 amide bonds. The van der Waals surface area contributed by atoms with E-state index in [0.717, 1.165) is 16.7 Å². The van der Waals surface area contributed by atoms with E-state index in [1.165, 1.54) is 11.0 Å². The predicted molar refractivity (Wildman–Crippen MR) is 169 cm³/mol. The van der Waals surface area contributed by atoms with Crippen molar-refractivity contribution in [2.24, 2.45) is 0 Å². The first-order valence-corrected chi connectivity index (χ1v) is 14.6. The number of nitrogens with one attached hydrogen (secondary N) is 2. The zero-order valence-corrected chi connectivity index (χ0v) is 27.1. The maximum atomic E-state index is 14.3. The Morgan fingerprint density at radius 1 is 0.886 bits per heavy atom. The Balaban J connectivity index is 2.57. The molecule has 3 unspecified atom stereocenters. The van der Waals surface area contributed by atoms with Crippen LogP contribution in [0.4, 0.5) is 4.79 Å². The highest BCUT2D eigenvalue weighted by molar-refractivity contribution is 5.94. The second kappa shape index (κ2) is 15.5. The molecule has 2 aromatic rings. The minimum absolute atomic E-state index is 0.105. The molecule has 0 aliphatic carbocycles. The van der Waals surface area contributed by atoms with Crippen LogP contribution in [-0.2, 0) is 30.3 Å². The number of aryl methyl sites for hydroxylation is 2. The lowest BCUT2D eigenvalue weighted by Crippen LogP contribution is -2.56. The van der Waals surface area contributed by atoms with Gasteiger partial charge in [-0.3, -0.25) is 9.59 Å². The summed E-state index contributed by atoms with van der Waals surface area (Å²) in [4.78, 5) is 55.3. The van der Waals surface area contributed by atoms with Crippen LogP contribution in [0.1, 0.15) is 69.8 Å². The molecule has 10 nitrogen and oxygen atoms in total. The maximum Gasteiger partial charge on any atom is 0.408 e. The van der Waals surface area contributed by atoms with Crippen LogP contribution in [0, 0.1) is 13.8 Å². The van der Waals surface area contributed by atoms with Gasteiger partial charge in [-0.1, -0.05) is 65.7 Å². The molecular formula is C34H47N3O7. The van der Waals surface area contributed by atoms with Crippen LogP contribution in [0.5, 0.6) is 0 Å². The van der Waals surface area contributed by atoms with E-state index < -0.39 is 59.8 Å². The maximum absolute atomic E-state index is 14.3. The van der Waals surface area contributed by atoms with Crippen LogP contribution < -0.4 is 10.6 Å². The summed E-state index contributed by atoms with van der Waals surface area (Å²) in [5.74, 6) is -2.02. The number of alkyl carbamates (subject to hydrolysis) is 1. The van der Waals surface area contributed by atoms with Crippen molar-refractivity contribution in [1.29, 1.82) is 0 Å². The van der Waals surface area contributed by atoms with Crippen LogP contribution in [0.2, 0.25) is 0 Å². The van der Waals surface area contributed by atoms with Gasteiger partial charge >= 0.3 is 12.1 Å². The first-order chi connectivity index (χ1) is 20.4. The molecule has 0 saturated heterocycles. The normalized spacial score (nSPS) is 13.6. The SMILES string of the molecule is C=CCN(C(=O)C(CO)NC(=O)OC(C)(C)C)C(C(=O)NC(Cc1ccccc1)C(=O)OC(C)(C)C)c1cc(C)cc(C)c1. The lowest BCUT2D eigenvalue weighted by molar-refractivity contribution is -0.159. The molecule has 0 bridgehead atoms. The lowest BCUT2D eigenvalue weighted by Gasteiger charge is -2.34. The second-order valence-electron chi connectivity index (χ2n) is 12.8. The summed E-state index contributed by atoms with van der Waals surface area (Å²) in [5.41, 5.74) is 1.32. The van der Waals surface area contributed by atoms with E-state index in [4.69, 9.17) is 9.47 Å². The third-order valence-electron chi connectivity index (χ3n) is 6.19. The Kier molecular flexibility index (Phi) is 12.7. The highest BCUT2D eigenvalue weighted by atomic mass is 16.6. The van der Waals surface area contributed by atoms with Crippen LogP contribution >= 0.6 is 0 Å². The van der Waals surface area contributed by atoms with Gasteiger partial charge in [0.15, 0.2) is 0 Å². The van der Waals surface area contributed by atoms with Crippen LogP contribution in [0.25, 0.3) is 0 Å². The number of carbonyl (C=O) groups is 4. The third kappa shape index (κ3) is 11.5. The van der Waals surface area contributed by atoms with Crippen molar-refractivity contribution >= 4 is 23.9 Å². The third-order valence-corrected chi connectivity index (χ3v) is 6.19. The van der Waals surface area contributed by atoms with Gasteiger partial charge in [0.05, 0.1) is 6.61 Å². The molecule has 2 rings (SSSR count). The van der Waals surface area contributed by atoms with Gasteiger partial charge in [-0.2, -0.15) is 0 Å². The van der Waals surface area contributed by atoms with E-state index in [9.17, 15) is 24.3 Å². The van der Waals surface area contributed by atoms with Crippen molar-refractivity contribution in [3.8, 4) is 0 Å². The molecule has 0 saturated carbocycles. The monoisotopic (exact) mass is 609 g/mol. The smallest absolute Gasteiger partial charge is 0.408 e. The topological polar surface area (TPSA) is 134 Å². The standard InChI is InChI=1S/C34H47N3O7/c1-10-16-37(30(40)27(21-38)36-32(42)44-34(7,8)9)28(25-18-22(2)17-23(3)19-25)29(39)35-26(31(41)43-33(4,5)6)20-24-14-12-11-13-15-24/h10-15,17-19,26-28,38H,1,16,20-21H2,2-9H3,(H,35,39)(H,36,42). The number of benzene rings is 2. The summed E-state index contributed by atoms with van der Waals surface area (Å²) in [6.45, 7) is 16.9. The van der Waals surface area contributed by atoms with Crippen molar-refractivity contribution in [3.05, 3.63) is 83.4 Å². The number of aliphatic hydroxyl groups is 1. The van der Waals surface area contributed by atoms with Crippen molar-refractivity contribution in [1.82, 2.24) is 15.5 Å². The number of rotatable bonds is 12. The van der Waals surface area contributed by atoms with E-state index in [1.807, 2.05) is 50.2 Å². The Bertz CT molecular complexity index is 1290. The Hall–Kier alpha value is -4.18. The molecule has 10 heteroatoms. The molecule has 44 heavy (non-hydrogen) atoms. The number of amides is 3. The van der Waals surface area contributed by atoms with Crippen LogP contribution in [0.15, 0.2) is 61.2 Å². The molecule has 3 N–H and O–H groups in total. The molecule has 0 aliphatic rings. The fraction of sp³-hybridized carbons (Fsp3) is 0.471. The largest absolute Gasteiger partial charge is 0.458 e. The van der Waals surface area contributed by atoms with Gasteiger partial charge in [-0.05, 0) is 66.5 Å². The number of hydrogen-bond acceptors (Lipinski definition) is 7. The Morgan fingerprint density at radius 3 is 1.95 bits per heavy atom. The van der Waals surface area contributed by atoms with E-state index in [-0.39, 0.29) is 13.0 Å². The molecule has 0 heterocycles. The molecule has 240 valence electrons. The van der Waals surface area contributed by atoms with Gasteiger partial charge in [0, 0.05) is 13.0 Å². The van der Waals surface area contributed by atoms with Crippen molar-refractivity contribution in [2.75, 3.05) is 13.2 Å². The number of esters is 1. The van der Waals surface area contributed by atoms with E-state index in [0.29, 0.717) is 5.56 Å². The molecule has 2 aromatic carbocycles. The molecule has 0 aliphatic heterocycles. The quantitative estimate of drug-likeness (QED) is 0.241. The predicted octanol–water partition coefficient (Wildman–Crippen LogP) is 4.31. The van der Waals surface area contributed by atoms with Gasteiger partial charge in [0.1, 0.15) is 29.3 Å². The summed E-state index contributed by atoms with van der Waals surface area (Å²) in [6.07, 6.45) is 0.692. The molecule has 3 atom stereocenters. The summed E-state index contributed by atoms with van der Waals surface area (Å²) in [6, 6.07) is 10.9. The van der Waals surface area contributed by atoms with Gasteiger partial charge < -0.3 is 30.1 Å². The number of aliphatic hydroxyl groups excluding tert-OH is 1. The first kappa shape index (κ1) is 36.0. The average Bonchev–Trinajstić information content (AvgIpc) is 2.89. The Labute approximate surface area is 260 Å². The minimum atomic E-state index is -1.42. The summed E-state index contributed by atoms with van der Waals surface area (Å²) in [7, 11) is 0. The molecule has 0 spiro atoms. The van der Waals surface area contributed by atoms with Gasteiger partial charge in [0.25, 0.3) is 0 Å². The van der Waals surface area contributed by atoms with E-state index in [2.05, 4.69) is 17.2 Å². The van der Waals surface area contributed by atoms with Gasteiger partial charge in [-0.15, -0.1) is 6.58 Å². The lowest BCUT2D eigenvalue weighted by atomic mass is 9.97. The number of nitrogens with zero attached hydrogens (tertiary/aromatic N) is 1. The molecule has 0 fully saturated rings. The molecule has 0 radical (unpaired) electrons. The zero-order valence-electron chi connectivity index (χ0n) is 27.1. The van der Waals surface area contributed by atoms with Gasteiger partial charge in [-0.25, -0.2) is 9.59 Å². The fourth-order valence-electron chi connectivity index (χ4n) is 4.60. The minimum Gasteiger partial charge on any atom is -0.458 e. The summed E-state index contributed by atoms with van der Waals surface area (Å²) >= 11 is 0. The fourth-order valence-corrected chi connectivity index (χ4v) is 4.60. The number of hydrogen-bond donors (Lipinski definition) is 3. The van der Waals surface area contributed by atoms with Crippen molar-refractivity contribution in [3.63, 3.8) is 0 Å². The number of ether oxygens (including phenoxy) is 2. The van der Waals surface area contributed by atoms with Gasteiger partial charge in [0.2, 0.25) is 11.8 Å². The zero-order chi connectivity index (χ0) is 33.2. The number of carbonyl (C=O) groups excluding carboxylic acids is 4. The second-order valence-corrected chi connectivity index (χ2v) is 12.8. The highest BCUT2D eigenvalue weighted by Gasteiger charge is 2.38. The van der Waals surface area contributed by atoms with E-state index >= 15 is 0 Å². The van der Waals surface area contributed by atoms with Crippen LogP contribution in [-0.4, -0.2) is 70.3 Å². The Morgan fingerprint density at radius 2 is 1.45 bits per heavy atom. The summed E-state index contributed by atoms with van der Waals surface area (Å²) in [5, 5.41) is 15.4. The molecule has 0 aromatic heterocycles. The van der Waals surface area contributed by atoms with E-state index in [1.54, 1.807) is 53.7 Å². The highest BCUT2D eigenvalue weighted by Crippen LogP contribution is 2.26. The first-order valence-electron chi connectivity index (χ1n) is 14.6. The average molecular weight is 610 g/mol. The van der Waals surface area contributed by atoms with Crippen LogP contribution in [0.3, 0.4) is 0 Å².